The largest absolute Gasteiger partial charge is 0.484 e. The number of carbonyl (C=O) groups is 2. The summed E-state index contributed by atoms with van der Waals surface area (Å²) in [5, 5.41) is 12.4. The molecule has 0 bridgehead atoms. The van der Waals surface area contributed by atoms with E-state index in [1.165, 1.54) is 24.3 Å². The van der Waals surface area contributed by atoms with Gasteiger partial charge in [-0.15, -0.1) is 0 Å². The van der Waals surface area contributed by atoms with Crippen molar-refractivity contribution in [3.63, 3.8) is 0 Å². The molecule has 0 saturated heterocycles. The van der Waals surface area contributed by atoms with Gasteiger partial charge in [0.2, 0.25) is 0 Å². The van der Waals surface area contributed by atoms with Crippen LogP contribution in [0, 0.1) is 10.1 Å². The molecule has 0 aliphatic carbocycles. The standard InChI is InChI=1S/C11H12N2O6/c1-2-18-11(15)12-10(14)7-19-9-5-3-4-8(6-9)13(16)17/h3-6H,2,7H2,1H3,(H,12,14,15). The number of carbonyl (C=O) groups excluding carboxylic acids is 2. The van der Waals surface area contributed by atoms with Gasteiger partial charge < -0.3 is 9.47 Å². The molecular weight excluding hydrogens is 256 g/mol. The minimum Gasteiger partial charge on any atom is -0.484 e. The molecule has 0 aliphatic heterocycles. The summed E-state index contributed by atoms with van der Waals surface area (Å²) >= 11 is 0. The predicted molar refractivity (Wildman–Crippen MR) is 63.8 cm³/mol. The van der Waals surface area contributed by atoms with Crippen LogP contribution in [-0.4, -0.2) is 30.1 Å². The average molecular weight is 268 g/mol. The summed E-state index contributed by atoms with van der Waals surface area (Å²) < 4.78 is 9.51. The van der Waals surface area contributed by atoms with Gasteiger partial charge in [-0.25, -0.2) is 4.79 Å². The minimum absolute atomic E-state index is 0.144. The second kappa shape index (κ2) is 6.94. The van der Waals surface area contributed by atoms with Gasteiger partial charge in [-0.3, -0.25) is 20.2 Å². The number of nitrogens with zero attached hydrogens (tertiary/aromatic N) is 1. The maximum atomic E-state index is 11.2. The topological polar surface area (TPSA) is 108 Å². The molecule has 1 rings (SSSR count). The van der Waals surface area contributed by atoms with Crippen LogP contribution in [0.25, 0.3) is 0 Å². The lowest BCUT2D eigenvalue weighted by molar-refractivity contribution is -0.384. The van der Waals surface area contributed by atoms with Crippen molar-refractivity contribution in [1.29, 1.82) is 0 Å². The number of hydrogen-bond acceptors (Lipinski definition) is 6. The number of nitro groups is 1. The number of ether oxygens (including phenoxy) is 2. The fourth-order valence-electron chi connectivity index (χ4n) is 1.15. The summed E-state index contributed by atoms with van der Waals surface area (Å²) in [5.41, 5.74) is -0.150. The van der Waals surface area contributed by atoms with Crippen LogP contribution in [0.15, 0.2) is 24.3 Å². The summed E-state index contributed by atoms with van der Waals surface area (Å²) in [4.78, 5) is 32.1. The van der Waals surface area contributed by atoms with E-state index in [0.29, 0.717) is 0 Å². The monoisotopic (exact) mass is 268 g/mol. The van der Waals surface area contributed by atoms with E-state index >= 15 is 0 Å². The van der Waals surface area contributed by atoms with Gasteiger partial charge in [0.1, 0.15) is 5.75 Å². The maximum absolute atomic E-state index is 11.2. The molecule has 0 spiro atoms. The van der Waals surface area contributed by atoms with E-state index in [4.69, 9.17) is 4.74 Å². The number of amides is 2. The minimum atomic E-state index is -0.866. The Hall–Kier alpha value is -2.64. The molecule has 8 heteroatoms. The molecule has 0 aromatic heterocycles. The van der Waals surface area contributed by atoms with Crippen LogP contribution in [0.2, 0.25) is 0 Å². The predicted octanol–water partition coefficient (Wildman–Crippen LogP) is 1.25. The van der Waals surface area contributed by atoms with Gasteiger partial charge in [0.25, 0.3) is 11.6 Å². The molecule has 0 saturated carbocycles. The van der Waals surface area contributed by atoms with Crippen LogP contribution in [0.3, 0.4) is 0 Å². The number of nitro benzene ring substituents is 1. The van der Waals surface area contributed by atoms with Crippen molar-refractivity contribution in [1.82, 2.24) is 5.32 Å². The van der Waals surface area contributed by atoms with Crippen molar-refractivity contribution in [2.24, 2.45) is 0 Å². The SMILES string of the molecule is CCOC(=O)NC(=O)COc1cccc([N+](=O)[O-])c1. The van der Waals surface area contributed by atoms with Crippen molar-refractivity contribution >= 4 is 17.7 Å². The quantitative estimate of drug-likeness (QED) is 0.636. The third-order valence-electron chi connectivity index (χ3n) is 1.92. The van der Waals surface area contributed by atoms with E-state index in [-0.39, 0.29) is 18.0 Å². The van der Waals surface area contributed by atoms with Gasteiger partial charge in [0.15, 0.2) is 6.61 Å². The molecule has 0 heterocycles. The number of nitrogens with one attached hydrogen (secondary N) is 1. The Balaban J connectivity index is 2.48. The third-order valence-corrected chi connectivity index (χ3v) is 1.92. The Bertz CT molecular complexity index is 488. The Kier molecular flexibility index (Phi) is 5.27. The first-order valence-corrected chi connectivity index (χ1v) is 5.36. The molecule has 1 aromatic carbocycles. The van der Waals surface area contributed by atoms with Crippen LogP contribution >= 0.6 is 0 Å². The summed E-state index contributed by atoms with van der Waals surface area (Å²) in [6.45, 7) is 1.30. The highest BCUT2D eigenvalue weighted by atomic mass is 16.6. The molecule has 0 radical (unpaired) electrons. The number of non-ortho nitro benzene ring substituents is 1. The lowest BCUT2D eigenvalue weighted by atomic mass is 10.3. The smallest absolute Gasteiger partial charge is 0.413 e. The summed E-state index contributed by atoms with van der Waals surface area (Å²) in [5.74, 6) is -0.543. The molecule has 0 fully saturated rings. The molecule has 2 amide bonds. The van der Waals surface area contributed by atoms with Crippen LogP contribution in [-0.2, 0) is 9.53 Å². The van der Waals surface area contributed by atoms with Crippen molar-refractivity contribution in [2.45, 2.75) is 6.92 Å². The molecule has 1 N–H and O–H groups in total. The molecule has 19 heavy (non-hydrogen) atoms. The van der Waals surface area contributed by atoms with Crippen LogP contribution in [0.4, 0.5) is 10.5 Å². The number of rotatable bonds is 5. The zero-order chi connectivity index (χ0) is 14.3. The second-order valence-corrected chi connectivity index (χ2v) is 3.31. The Morgan fingerprint density at radius 3 is 2.79 bits per heavy atom. The molecule has 0 atom stereocenters. The van der Waals surface area contributed by atoms with Crippen molar-refractivity contribution in [3.05, 3.63) is 34.4 Å². The Morgan fingerprint density at radius 2 is 2.16 bits per heavy atom. The molecule has 8 nitrogen and oxygen atoms in total. The maximum Gasteiger partial charge on any atom is 0.413 e. The van der Waals surface area contributed by atoms with E-state index in [1.54, 1.807) is 6.92 Å². The van der Waals surface area contributed by atoms with Crippen molar-refractivity contribution < 1.29 is 24.0 Å². The fourth-order valence-corrected chi connectivity index (χ4v) is 1.15. The fraction of sp³-hybridized carbons (Fsp3) is 0.273. The van der Waals surface area contributed by atoms with Crippen LogP contribution < -0.4 is 10.1 Å². The highest BCUT2D eigenvalue weighted by Crippen LogP contribution is 2.18. The summed E-state index contributed by atoms with van der Waals surface area (Å²) in [7, 11) is 0. The van der Waals surface area contributed by atoms with Gasteiger partial charge in [-0.1, -0.05) is 6.07 Å². The molecule has 1 aromatic rings. The van der Waals surface area contributed by atoms with Crippen LogP contribution in [0.1, 0.15) is 6.92 Å². The second-order valence-electron chi connectivity index (χ2n) is 3.31. The average Bonchev–Trinajstić information content (AvgIpc) is 2.37. The number of hydrogen-bond donors (Lipinski definition) is 1. The van der Waals surface area contributed by atoms with E-state index in [2.05, 4.69) is 4.74 Å². The first-order chi connectivity index (χ1) is 9.02. The highest BCUT2D eigenvalue weighted by molar-refractivity contribution is 5.92. The molecule has 102 valence electrons. The Morgan fingerprint density at radius 1 is 1.42 bits per heavy atom. The Labute approximate surface area is 108 Å². The molecule has 0 aliphatic rings. The first kappa shape index (κ1) is 14.4. The number of alkyl carbamates (subject to hydrolysis) is 1. The van der Waals surface area contributed by atoms with Crippen molar-refractivity contribution in [3.8, 4) is 5.75 Å². The third kappa shape index (κ3) is 5.02. The zero-order valence-corrected chi connectivity index (χ0v) is 10.1. The summed E-state index contributed by atoms with van der Waals surface area (Å²) in [6, 6.07) is 5.37. The van der Waals surface area contributed by atoms with E-state index in [1.807, 2.05) is 5.32 Å². The lowest BCUT2D eigenvalue weighted by Gasteiger charge is -2.06. The van der Waals surface area contributed by atoms with Gasteiger partial charge >= 0.3 is 6.09 Å². The number of benzene rings is 1. The first-order valence-electron chi connectivity index (χ1n) is 5.36. The van der Waals surface area contributed by atoms with Gasteiger partial charge in [0, 0.05) is 6.07 Å². The van der Waals surface area contributed by atoms with Gasteiger partial charge in [-0.2, -0.15) is 0 Å². The van der Waals surface area contributed by atoms with Crippen LogP contribution in [0.5, 0.6) is 5.75 Å². The van der Waals surface area contributed by atoms with E-state index in [0.717, 1.165) is 0 Å². The lowest BCUT2D eigenvalue weighted by Crippen LogP contribution is -2.34. The van der Waals surface area contributed by atoms with E-state index in [9.17, 15) is 19.7 Å². The zero-order valence-electron chi connectivity index (χ0n) is 10.1. The summed E-state index contributed by atoms with van der Waals surface area (Å²) in [6.07, 6.45) is -0.866. The molecule has 0 unspecified atom stereocenters. The number of imide groups is 1. The van der Waals surface area contributed by atoms with Crippen molar-refractivity contribution in [2.75, 3.05) is 13.2 Å². The van der Waals surface area contributed by atoms with Gasteiger partial charge in [0.05, 0.1) is 17.6 Å². The van der Waals surface area contributed by atoms with E-state index < -0.39 is 23.5 Å². The molecular formula is C11H12N2O6. The normalized spacial score (nSPS) is 9.53. The van der Waals surface area contributed by atoms with Gasteiger partial charge in [-0.05, 0) is 13.0 Å². The highest BCUT2D eigenvalue weighted by Gasteiger charge is 2.10.